The fraction of sp³-hybridized carbons (Fsp3) is 0.143. The molecule has 160 valence electrons. The number of fused-ring (bicyclic) bond motifs is 1. The van der Waals surface area contributed by atoms with Crippen LogP contribution >= 0.6 is 0 Å². The van der Waals surface area contributed by atoms with Gasteiger partial charge in [0.15, 0.2) is 0 Å². The quantitative estimate of drug-likeness (QED) is 0.348. The zero-order chi connectivity index (χ0) is 22.8. The molecule has 0 spiro atoms. The number of para-hydroxylation sites is 2. The molecule has 0 aliphatic heterocycles. The minimum atomic E-state index is -0.00249. The lowest BCUT2D eigenvalue weighted by atomic mass is 10.0. The van der Waals surface area contributed by atoms with Gasteiger partial charge in [-0.15, -0.1) is 0 Å². The van der Waals surface area contributed by atoms with Gasteiger partial charge in [-0.05, 0) is 67.5 Å². The molecule has 0 heterocycles. The van der Waals surface area contributed by atoms with E-state index in [0.29, 0.717) is 16.5 Å². The van der Waals surface area contributed by atoms with Crippen LogP contribution in [0.5, 0.6) is 11.5 Å². The van der Waals surface area contributed by atoms with Gasteiger partial charge in [0, 0.05) is 23.6 Å². The maximum atomic E-state index is 10.9. The predicted octanol–water partition coefficient (Wildman–Crippen LogP) is 6.99. The number of hydrogen-bond donors (Lipinski definition) is 2. The normalized spacial score (nSPS) is 11.8. The molecule has 0 aromatic heterocycles. The Morgan fingerprint density at radius 1 is 0.562 bits per heavy atom. The largest absolute Gasteiger partial charge is 0.506 e. The molecule has 4 aromatic rings. The number of hydrogen-bond acceptors (Lipinski definition) is 4. The molecule has 4 aromatic carbocycles. The highest BCUT2D eigenvalue weighted by Crippen LogP contribution is 2.37. The van der Waals surface area contributed by atoms with Crippen molar-refractivity contribution >= 4 is 34.6 Å². The SMILES string of the molecule is Cc1cccc(C)c1N=Cc1ccc2ccc(C=Nc3c(C)cccc3C)c(O)c2c1O. The minimum Gasteiger partial charge on any atom is -0.506 e. The van der Waals surface area contributed by atoms with Crippen LogP contribution in [0.15, 0.2) is 70.6 Å². The first-order chi connectivity index (χ1) is 15.4. The predicted molar refractivity (Wildman–Crippen MR) is 134 cm³/mol. The maximum absolute atomic E-state index is 10.9. The van der Waals surface area contributed by atoms with Gasteiger partial charge in [0.1, 0.15) is 11.5 Å². The molecule has 0 bridgehead atoms. The van der Waals surface area contributed by atoms with Crippen molar-refractivity contribution < 1.29 is 10.2 Å². The van der Waals surface area contributed by atoms with E-state index in [-0.39, 0.29) is 11.5 Å². The zero-order valence-corrected chi connectivity index (χ0v) is 18.7. The van der Waals surface area contributed by atoms with Gasteiger partial charge < -0.3 is 10.2 Å². The van der Waals surface area contributed by atoms with E-state index in [0.717, 1.165) is 39.0 Å². The van der Waals surface area contributed by atoms with Gasteiger partial charge in [-0.25, -0.2) is 0 Å². The molecule has 0 radical (unpaired) electrons. The molecular formula is C28H26N2O2. The lowest BCUT2D eigenvalue weighted by Gasteiger charge is -2.10. The second-order valence-corrected chi connectivity index (χ2v) is 8.10. The van der Waals surface area contributed by atoms with Crippen molar-refractivity contribution in [2.75, 3.05) is 0 Å². The van der Waals surface area contributed by atoms with Crippen molar-refractivity contribution in [2.45, 2.75) is 27.7 Å². The molecule has 0 saturated carbocycles. The fourth-order valence-electron chi connectivity index (χ4n) is 3.91. The smallest absolute Gasteiger partial charge is 0.135 e. The number of aliphatic imine (C=N–C) groups is 2. The van der Waals surface area contributed by atoms with Crippen LogP contribution in [0.3, 0.4) is 0 Å². The van der Waals surface area contributed by atoms with E-state index in [1.54, 1.807) is 24.6 Å². The van der Waals surface area contributed by atoms with Gasteiger partial charge >= 0.3 is 0 Å². The topological polar surface area (TPSA) is 65.2 Å². The molecule has 0 fully saturated rings. The van der Waals surface area contributed by atoms with E-state index in [2.05, 4.69) is 9.98 Å². The number of aromatic hydroxyl groups is 2. The summed E-state index contributed by atoms with van der Waals surface area (Å²) in [6, 6.07) is 19.4. The summed E-state index contributed by atoms with van der Waals surface area (Å²) < 4.78 is 0. The first-order valence-corrected chi connectivity index (χ1v) is 10.5. The molecule has 0 aliphatic carbocycles. The Morgan fingerprint density at radius 2 is 0.938 bits per heavy atom. The minimum absolute atomic E-state index is 0.00249. The van der Waals surface area contributed by atoms with Crippen LogP contribution in [0.4, 0.5) is 11.4 Å². The summed E-state index contributed by atoms with van der Waals surface area (Å²) in [6.07, 6.45) is 3.28. The highest BCUT2D eigenvalue weighted by molar-refractivity contribution is 6.04. The monoisotopic (exact) mass is 422 g/mol. The number of rotatable bonds is 4. The summed E-state index contributed by atoms with van der Waals surface area (Å²) in [7, 11) is 0. The van der Waals surface area contributed by atoms with Crippen LogP contribution in [0.2, 0.25) is 0 Å². The van der Waals surface area contributed by atoms with Gasteiger partial charge in [-0.1, -0.05) is 48.5 Å². The van der Waals surface area contributed by atoms with E-state index in [9.17, 15) is 10.2 Å². The van der Waals surface area contributed by atoms with Crippen molar-refractivity contribution in [2.24, 2.45) is 9.98 Å². The summed E-state index contributed by atoms with van der Waals surface area (Å²) in [4.78, 5) is 9.20. The molecule has 0 amide bonds. The van der Waals surface area contributed by atoms with Crippen LogP contribution in [0, 0.1) is 27.7 Å². The zero-order valence-electron chi connectivity index (χ0n) is 18.7. The van der Waals surface area contributed by atoms with Crippen molar-refractivity contribution in [1.29, 1.82) is 0 Å². The Balaban J connectivity index is 1.76. The molecule has 2 N–H and O–H groups in total. The first kappa shape index (κ1) is 21.3. The number of benzene rings is 4. The van der Waals surface area contributed by atoms with Crippen LogP contribution in [0.1, 0.15) is 33.4 Å². The van der Waals surface area contributed by atoms with Crippen LogP contribution in [0.25, 0.3) is 10.8 Å². The molecule has 4 rings (SSSR count). The third kappa shape index (κ3) is 4.00. The molecule has 0 saturated heterocycles. The van der Waals surface area contributed by atoms with Crippen molar-refractivity contribution in [3.05, 3.63) is 94.0 Å². The summed E-state index contributed by atoms with van der Waals surface area (Å²) in [5, 5.41) is 23.0. The second-order valence-electron chi connectivity index (χ2n) is 8.10. The Hall–Kier alpha value is -3.92. The third-order valence-electron chi connectivity index (χ3n) is 5.74. The summed E-state index contributed by atoms with van der Waals surface area (Å²) in [5.41, 5.74) is 7.10. The fourth-order valence-corrected chi connectivity index (χ4v) is 3.91. The van der Waals surface area contributed by atoms with Crippen LogP contribution in [-0.2, 0) is 0 Å². The van der Waals surface area contributed by atoms with Gasteiger partial charge in [0.05, 0.1) is 16.8 Å². The molecule has 4 heteroatoms. The Labute approximate surface area is 188 Å². The van der Waals surface area contributed by atoms with E-state index in [1.807, 2.05) is 76.2 Å². The molecule has 0 atom stereocenters. The second kappa shape index (κ2) is 8.67. The average Bonchev–Trinajstić information content (AvgIpc) is 2.75. The number of phenolic OH excluding ortho intramolecular Hbond substituents is 2. The third-order valence-corrected chi connectivity index (χ3v) is 5.74. The Kier molecular flexibility index (Phi) is 5.78. The van der Waals surface area contributed by atoms with Gasteiger partial charge in [0.2, 0.25) is 0 Å². The summed E-state index contributed by atoms with van der Waals surface area (Å²) in [6.45, 7) is 8.03. The van der Waals surface area contributed by atoms with Gasteiger partial charge in [-0.2, -0.15) is 0 Å². The molecular weight excluding hydrogens is 396 g/mol. The first-order valence-electron chi connectivity index (χ1n) is 10.5. The molecule has 32 heavy (non-hydrogen) atoms. The average molecular weight is 423 g/mol. The molecule has 0 unspecified atom stereocenters. The lowest BCUT2D eigenvalue weighted by molar-refractivity contribution is 0.463. The van der Waals surface area contributed by atoms with Crippen molar-refractivity contribution in [3.63, 3.8) is 0 Å². The van der Waals surface area contributed by atoms with E-state index in [1.165, 1.54) is 0 Å². The van der Waals surface area contributed by atoms with Crippen LogP contribution < -0.4 is 0 Å². The maximum Gasteiger partial charge on any atom is 0.135 e. The number of phenols is 2. The van der Waals surface area contributed by atoms with Crippen LogP contribution in [-0.4, -0.2) is 22.6 Å². The van der Waals surface area contributed by atoms with Gasteiger partial charge in [-0.3, -0.25) is 9.98 Å². The standard InChI is InChI=1S/C28H26N2O2/c1-17-7-5-8-18(2)25(17)29-15-22-13-11-21-12-14-23(28(32)24(21)27(22)31)16-30-26-19(3)9-6-10-20(26)4/h5-16,31-32H,1-4H3. The van der Waals surface area contributed by atoms with Crippen molar-refractivity contribution in [3.8, 4) is 11.5 Å². The Bertz CT molecular complexity index is 1240. The van der Waals surface area contributed by atoms with Gasteiger partial charge in [0.25, 0.3) is 0 Å². The highest BCUT2D eigenvalue weighted by atomic mass is 16.3. The van der Waals surface area contributed by atoms with Crippen molar-refractivity contribution in [1.82, 2.24) is 0 Å². The van der Waals surface area contributed by atoms with E-state index in [4.69, 9.17) is 0 Å². The molecule has 4 nitrogen and oxygen atoms in total. The summed E-state index contributed by atoms with van der Waals surface area (Å²) >= 11 is 0. The molecule has 0 aliphatic rings. The van der Waals surface area contributed by atoms with E-state index < -0.39 is 0 Å². The lowest BCUT2D eigenvalue weighted by Crippen LogP contribution is -1.90. The number of aryl methyl sites for hydroxylation is 4. The van der Waals surface area contributed by atoms with E-state index >= 15 is 0 Å². The Morgan fingerprint density at radius 3 is 1.31 bits per heavy atom. The summed E-state index contributed by atoms with van der Waals surface area (Å²) in [5.74, 6) is -0.00498. The number of nitrogens with zero attached hydrogens (tertiary/aromatic N) is 2. The highest BCUT2D eigenvalue weighted by Gasteiger charge is 2.13.